The number of rotatable bonds is 7. The van der Waals surface area contributed by atoms with Gasteiger partial charge in [0.15, 0.2) is 0 Å². The normalized spacial score (nSPS) is 22.4. The summed E-state index contributed by atoms with van der Waals surface area (Å²) in [6, 6.07) is 8.22. The van der Waals surface area contributed by atoms with E-state index < -0.39 is 0 Å². The first-order chi connectivity index (χ1) is 9.81. The van der Waals surface area contributed by atoms with Gasteiger partial charge in [0.25, 0.3) is 0 Å². The molecule has 0 bridgehead atoms. The summed E-state index contributed by atoms with van der Waals surface area (Å²) in [6.07, 6.45) is 8.47. The molecule has 2 rings (SSSR count). The van der Waals surface area contributed by atoms with Crippen LogP contribution in [0.1, 0.15) is 37.7 Å². The van der Waals surface area contributed by atoms with Crippen molar-refractivity contribution >= 4 is 0 Å². The monoisotopic (exact) mass is 274 g/mol. The topological polar surface area (TPSA) is 18.5 Å². The van der Waals surface area contributed by atoms with Crippen molar-refractivity contribution in [3.05, 3.63) is 42.5 Å². The standard InChI is InChI=1S/C18H26O2/c1-3-4-15-5-7-17(8-6-15)14-20-18-11-9-16(10-12-18)13-19-2/h3,9-12,15,17H,1,4-8,13-14H2,2H3. The Hall–Kier alpha value is -1.28. The third kappa shape index (κ3) is 4.68. The van der Waals surface area contributed by atoms with Gasteiger partial charge in [-0.15, -0.1) is 6.58 Å². The molecule has 1 aliphatic carbocycles. The van der Waals surface area contributed by atoms with Crippen LogP contribution in [0.5, 0.6) is 5.75 Å². The van der Waals surface area contributed by atoms with Crippen LogP contribution in [0.25, 0.3) is 0 Å². The molecule has 1 fully saturated rings. The first-order valence-corrected chi connectivity index (χ1v) is 7.63. The quantitative estimate of drug-likeness (QED) is 0.677. The maximum atomic E-state index is 5.91. The van der Waals surface area contributed by atoms with Crippen LogP contribution in [-0.4, -0.2) is 13.7 Å². The summed E-state index contributed by atoms with van der Waals surface area (Å²) in [6.45, 7) is 5.35. The van der Waals surface area contributed by atoms with Gasteiger partial charge >= 0.3 is 0 Å². The van der Waals surface area contributed by atoms with Gasteiger partial charge in [-0.25, -0.2) is 0 Å². The number of allylic oxidation sites excluding steroid dienone is 1. The van der Waals surface area contributed by atoms with Crippen LogP contribution in [0.2, 0.25) is 0 Å². The highest BCUT2D eigenvalue weighted by molar-refractivity contribution is 5.26. The summed E-state index contributed by atoms with van der Waals surface area (Å²) in [5.74, 6) is 2.55. The van der Waals surface area contributed by atoms with Gasteiger partial charge in [0.2, 0.25) is 0 Å². The van der Waals surface area contributed by atoms with Crippen molar-refractivity contribution in [1.29, 1.82) is 0 Å². The van der Waals surface area contributed by atoms with Crippen molar-refractivity contribution in [1.82, 2.24) is 0 Å². The van der Waals surface area contributed by atoms with Crippen molar-refractivity contribution < 1.29 is 9.47 Å². The van der Waals surface area contributed by atoms with Gasteiger partial charge in [0.05, 0.1) is 13.2 Å². The SMILES string of the molecule is C=CCC1CCC(COc2ccc(COC)cc2)CC1. The molecule has 2 nitrogen and oxygen atoms in total. The Morgan fingerprint density at radius 2 is 1.75 bits per heavy atom. The van der Waals surface area contributed by atoms with Gasteiger partial charge in [0, 0.05) is 7.11 Å². The first kappa shape index (κ1) is 15.1. The van der Waals surface area contributed by atoms with Crippen LogP contribution in [0.15, 0.2) is 36.9 Å². The van der Waals surface area contributed by atoms with Gasteiger partial charge in [-0.05, 0) is 61.6 Å². The number of ether oxygens (including phenoxy) is 2. The van der Waals surface area contributed by atoms with E-state index in [0.29, 0.717) is 6.61 Å². The molecule has 2 heteroatoms. The van der Waals surface area contributed by atoms with Crippen molar-refractivity contribution in [2.45, 2.75) is 38.7 Å². The highest BCUT2D eigenvalue weighted by atomic mass is 16.5. The smallest absolute Gasteiger partial charge is 0.119 e. The van der Waals surface area contributed by atoms with Gasteiger partial charge in [-0.2, -0.15) is 0 Å². The third-order valence-electron chi connectivity index (χ3n) is 4.19. The number of methoxy groups -OCH3 is 1. The van der Waals surface area contributed by atoms with E-state index in [9.17, 15) is 0 Å². The Morgan fingerprint density at radius 3 is 2.35 bits per heavy atom. The van der Waals surface area contributed by atoms with Crippen molar-refractivity contribution in [3.63, 3.8) is 0 Å². The van der Waals surface area contributed by atoms with Crippen molar-refractivity contribution in [2.24, 2.45) is 11.8 Å². The Kier molecular flexibility index (Phi) is 6.13. The van der Waals surface area contributed by atoms with Gasteiger partial charge in [0.1, 0.15) is 5.75 Å². The lowest BCUT2D eigenvalue weighted by Gasteiger charge is -2.27. The first-order valence-electron chi connectivity index (χ1n) is 7.63. The Morgan fingerprint density at radius 1 is 1.10 bits per heavy atom. The Balaban J connectivity index is 1.71. The van der Waals surface area contributed by atoms with E-state index in [1.54, 1.807) is 7.11 Å². The minimum Gasteiger partial charge on any atom is -0.493 e. The average molecular weight is 274 g/mol. The minimum atomic E-state index is 0.660. The molecule has 1 saturated carbocycles. The molecule has 1 aromatic carbocycles. The fourth-order valence-corrected chi connectivity index (χ4v) is 2.93. The molecule has 1 aliphatic rings. The van der Waals surface area contributed by atoms with Crippen LogP contribution in [0.4, 0.5) is 0 Å². The average Bonchev–Trinajstić information content (AvgIpc) is 2.49. The molecule has 0 N–H and O–H groups in total. The molecule has 0 unspecified atom stereocenters. The summed E-state index contributed by atoms with van der Waals surface area (Å²) < 4.78 is 11.0. The minimum absolute atomic E-state index is 0.660. The largest absolute Gasteiger partial charge is 0.493 e. The molecule has 1 aromatic rings. The second-order valence-electron chi connectivity index (χ2n) is 5.80. The molecular weight excluding hydrogens is 248 g/mol. The molecular formula is C18H26O2. The molecule has 0 atom stereocenters. The van der Waals surface area contributed by atoms with Crippen molar-refractivity contribution in [2.75, 3.05) is 13.7 Å². The highest BCUT2D eigenvalue weighted by Crippen LogP contribution is 2.31. The summed E-state index contributed by atoms with van der Waals surface area (Å²) in [5.41, 5.74) is 1.18. The van der Waals surface area contributed by atoms with Gasteiger partial charge < -0.3 is 9.47 Å². The molecule has 110 valence electrons. The van der Waals surface area contributed by atoms with Gasteiger partial charge in [-0.1, -0.05) is 18.2 Å². The maximum absolute atomic E-state index is 5.91. The molecule has 0 aliphatic heterocycles. The van der Waals surface area contributed by atoms with Crippen LogP contribution in [0, 0.1) is 11.8 Å². The lowest BCUT2D eigenvalue weighted by Crippen LogP contribution is -2.19. The predicted octanol–water partition coefficient (Wildman–Crippen LogP) is 4.59. The second kappa shape index (κ2) is 8.11. The predicted molar refractivity (Wildman–Crippen MR) is 82.9 cm³/mol. The zero-order valence-corrected chi connectivity index (χ0v) is 12.5. The van der Waals surface area contributed by atoms with E-state index in [4.69, 9.17) is 9.47 Å². The van der Waals surface area contributed by atoms with E-state index in [1.807, 2.05) is 12.1 Å². The fraction of sp³-hybridized carbons (Fsp3) is 0.556. The maximum Gasteiger partial charge on any atom is 0.119 e. The van der Waals surface area contributed by atoms with Crippen LogP contribution in [0.3, 0.4) is 0 Å². The molecule has 0 heterocycles. The van der Waals surface area contributed by atoms with Crippen LogP contribution >= 0.6 is 0 Å². The summed E-state index contributed by atoms with van der Waals surface area (Å²) in [7, 11) is 1.72. The molecule has 0 amide bonds. The summed E-state index contributed by atoms with van der Waals surface area (Å²) in [4.78, 5) is 0. The molecule has 20 heavy (non-hydrogen) atoms. The van der Waals surface area contributed by atoms with E-state index in [-0.39, 0.29) is 0 Å². The van der Waals surface area contributed by atoms with E-state index in [0.717, 1.165) is 24.2 Å². The molecule has 0 radical (unpaired) electrons. The molecule has 0 saturated heterocycles. The highest BCUT2D eigenvalue weighted by Gasteiger charge is 2.20. The number of benzene rings is 1. The van der Waals surface area contributed by atoms with E-state index in [1.165, 1.54) is 37.7 Å². The van der Waals surface area contributed by atoms with E-state index in [2.05, 4.69) is 24.8 Å². The van der Waals surface area contributed by atoms with E-state index >= 15 is 0 Å². The van der Waals surface area contributed by atoms with Crippen molar-refractivity contribution in [3.8, 4) is 5.75 Å². The lowest BCUT2D eigenvalue weighted by atomic mass is 9.81. The molecule has 0 aromatic heterocycles. The van der Waals surface area contributed by atoms with Gasteiger partial charge in [-0.3, -0.25) is 0 Å². The summed E-state index contributed by atoms with van der Waals surface area (Å²) >= 11 is 0. The Labute approximate surface area is 122 Å². The zero-order valence-electron chi connectivity index (χ0n) is 12.5. The zero-order chi connectivity index (χ0) is 14.2. The Bertz CT molecular complexity index is 388. The second-order valence-corrected chi connectivity index (χ2v) is 5.80. The fourth-order valence-electron chi connectivity index (χ4n) is 2.93. The lowest BCUT2D eigenvalue weighted by molar-refractivity contribution is 0.181. The third-order valence-corrected chi connectivity index (χ3v) is 4.19. The summed E-state index contributed by atoms with van der Waals surface area (Å²) in [5, 5.41) is 0. The van der Waals surface area contributed by atoms with Crippen LogP contribution < -0.4 is 4.74 Å². The number of hydrogen-bond acceptors (Lipinski definition) is 2. The number of hydrogen-bond donors (Lipinski definition) is 0. The molecule has 0 spiro atoms. The van der Waals surface area contributed by atoms with Crippen LogP contribution in [-0.2, 0) is 11.3 Å².